The summed E-state index contributed by atoms with van der Waals surface area (Å²) in [6, 6.07) is 3.53. The molecule has 0 bridgehead atoms. The Kier molecular flexibility index (Phi) is 2.83. The minimum atomic E-state index is -0.981. The third-order valence-corrected chi connectivity index (χ3v) is 2.66. The molecule has 17 heavy (non-hydrogen) atoms. The Morgan fingerprint density at radius 1 is 1.47 bits per heavy atom. The molecule has 2 heterocycles. The van der Waals surface area contributed by atoms with Crippen LogP contribution in [-0.4, -0.2) is 25.7 Å². The highest BCUT2D eigenvalue weighted by Crippen LogP contribution is 2.15. The predicted octanol–water partition coefficient (Wildman–Crippen LogP) is 2.11. The lowest BCUT2D eigenvalue weighted by molar-refractivity contribution is 0.0687. The zero-order valence-electron chi connectivity index (χ0n) is 10.1. The van der Waals surface area contributed by atoms with Gasteiger partial charge in [0, 0.05) is 5.92 Å². The van der Waals surface area contributed by atoms with Gasteiger partial charge < -0.3 is 5.11 Å². The first-order valence-electron chi connectivity index (χ1n) is 5.65. The van der Waals surface area contributed by atoms with Crippen LogP contribution in [0.3, 0.4) is 0 Å². The molecule has 0 aliphatic heterocycles. The van der Waals surface area contributed by atoms with E-state index in [2.05, 4.69) is 10.1 Å². The van der Waals surface area contributed by atoms with Crippen LogP contribution in [-0.2, 0) is 6.42 Å². The second kappa shape index (κ2) is 4.16. The lowest BCUT2D eigenvalue weighted by Crippen LogP contribution is -2.07. The third-order valence-electron chi connectivity index (χ3n) is 2.66. The highest BCUT2D eigenvalue weighted by Gasteiger charge is 2.15. The van der Waals surface area contributed by atoms with Crippen molar-refractivity contribution in [1.82, 2.24) is 14.6 Å². The van der Waals surface area contributed by atoms with Crippen molar-refractivity contribution in [1.29, 1.82) is 0 Å². The fourth-order valence-electron chi connectivity index (χ4n) is 1.66. The van der Waals surface area contributed by atoms with E-state index in [-0.39, 0.29) is 11.6 Å². The van der Waals surface area contributed by atoms with E-state index in [1.54, 1.807) is 6.07 Å². The van der Waals surface area contributed by atoms with Gasteiger partial charge in [0.15, 0.2) is 17.2 Å². The molecule has 0 saturated carbocycles. The summed E-state index contributed by atoms with van der Waals surface area (Å²) in [5.74, 6) is -0.132. The number of aryl methyl sites for hydroxylation is 1. The lowest BCUT2D eigenvalue weighted by Gasteiger charge is -2.01. The van der Waals surface area contributed by atoms with E-state index in [4.69, 9.17) is 5.11 Å². The van der Waals surface area contributed by atoms with Gasteiger partial charge in [-0.2, -0.15) is 5.10 Å². The monoisotopic (exact) mass is 233 g/mol. The van der Waals surface area contributed by atoms with Gasteiger partial charge in [0.05, 0.1) is 0 Å². The Bertz CT molecular complexity index is 572. The number of hydrogen-bond donors (Lipinski definition) is 1. The molecule has 0 aliphatic carbocycles. The summed E-state index contributed by atoms with van der Waals surface area (Å²) in [4.78, 5) is 15.5. The van der Waals surface area contributed by atoms with Gasteiger partial charge >= 0.3 is 5.97 Å². The van der Waals surface area contributed by atoms with Crippen molar-refractivity contribution in [3.05, 3.63) is 29.2 Å². The van der Waals surface area contributed by atoms with Gasteiger partial charge in [0.25, 0.3) is 0 Å². The molecule has 0 unspecified atom stereocenters. The van der Waals surface area contributed by atoms with Crippen molar-refractivity contribution >= 4 is 11.6 Å². The molecule has 2 rings (SSSR count). The van der Waals surface area contributed by atoms with Crippen molar-refractivity contribution in [2.24, 2.45) is 0 Å². The van der Waals surface area contributed by atoms with Crippen LogP contribution in [0.15, 0.2) is 12.1 Å². The number of hydrogen-bond acceptors (Lipinski definition) is 3. The largest absolute Gasteiger partial charge is 0.477 e. The Morgan fingerprint density at radius 3 is 2.71 bits per heavy atom. The Hall–Kier alpha value is -1.91. The van der Waals surface area contributed by atoms with Gasteiger partial charge in [-0.05, 0) is 24.1 Å². The van der Waals surface area contributed by atoms with Crippen LogP contribution in [0.1, 0.15) is 48.6 Å². The molecule has 0 amide bonds. The topological polar surface area (TPSA) is 67.5 Å². The molecule has 0 aromatic carbocycles. The molecule has 5 heteroatoms. The molecule has 0 aliphatic rings. The van der Waals surface area contributed by atoms with Crippen molar-refractivity contribution in [2.45, 2.75) is 33.1 Å². The van der Waals surface area contributed by atoms with Crippen LogP contribution in [0.4, 0.5) is 0 Å². The van der Waals surface area contributed by atoms with Crippen LogP contribution in [0, 0.1) is 0 Å². The fourth-order valence-corrected chi connectivity index (χ4v) is 1.66. The molecule has 2 aromatic rings. The zero-order valence-corrected chi connectivity index (χ0v) is 10.1. The summed E-state index contributed by atoms with van der Waals surface area (Å²) in [5, 5.41) is 13.4. The van der Waals surface area contributed by atoms with Crippen molar-refractivity contribution in [3.63, 3.8) is 0 Å². The summed E-state index contributed by atoms with van der Waals surface area (Å²) >= 11 is 0. The van der Waals surface area contributed by atoms with Crippen molar-refractivity contribution in [2.75, 3.05) is 0 Å². The SMILES string of the molecule is CCc1cc(C(=O)O)n2nc(C(C)C)nc2c1. The third kappa shape index (κ3) is 2.00. The molecule has 2 aromatic heterocycles. The normalized spacial score (nSPS) is 11.3. The number of rotatable bonds is 3. The molecular weight excluding hydrogens is 218 g/mol. The molecule has 0 spiro atoms. The molecule has 90 valence electrons. The quantitative estimate of drug-likeness (QED) is 0.881. The van der Waals surface area contributed by atoms with Crippen LogP contribution >= 0.6 is 0 Å². The molecule has 0 atom stereocenters. The van der Waals surface area contributed by atoms with Crippen LogP contribution in [0.2, 0.25) is 0 Å². The Morgan fingerprint density at radius 2 is 2.18 bits per heavy atom. The smallest absolute Gasteiger partial charge is 0.354 e. The fraction of sp³-hybridized carbons (Fsp3) is 0.417. The average Bonchev–Trinajstić information content (AvgIpc) is 2.70. The highest BCUT2D eigenvalue weighted by atomic mass is 16.4. The number of aromatic nitrogens is 3. The summed E-state index contributed by atoms with van der Waals surface area (Å²) < 4.78 is 1.40. The average molecular weight is 233 g/mol. The van der Waals surface area contributed by atoms with E-state index in [1.165, 1.54) is 4.52 Å². The molecule has 0 saturated heterocycles. The van der Waals surface area contributed by atoms with E-state index in [0.717, 1.165) is 12.0 Å². The van der Waals surface area contributed by atoms with E-state index in [0.29, 0.717) is 11.5 Å². The van der Waals surface area contributed by atoms with Crippen molar-refractivity contribution in [3.8, 4) is 0 Å². The first-order chi connectivity index (χ1) is 8.02. The maximum absolute atomic E-state index is 11.2. The lowest BCUT2D eigenvalue weighted by atomic mass is 10.2. The number of nitrogens with zero attached hydrogens (tertiary/aromatic N) is 3. The number of aromatic carboxylic acids is 1. The second-order valence-corrected chi connectivity index (χ2v) is 4.30. The highest BCUT2D eigenvalue weighted by molar-refractivity contribution is 5.86. The first kappa shape index (κ1) is 11.6. The van der Waals surface area contributed by atoms with Gasteiger partial charge in [0.1, 0.15) is 0 Å². The maximum Gasteiger partial charge on any atom is 0.354 e. The Labute approximate surface area is 99.1 Å². The van der Waals surface area contributed by atoms with Crippen LogP contribution in [0.5, 0.6) is 0 Å². The Balaban J connectivity index is 2.72. The number of carboxylic acids is 1. The number of carboxylic acid groups (broad SMARTS) is 1. The van der Waals surface area contributed by atoms with E-state index in [9.17, 15) is 4.79 Å². The van der Waals surface area contributed by atoms with Gasteiger partial charge in [-0.25, -0.2) is 14.3 Å². The van der Waals surface area contributed by atoms with Crippen LogP contribution in [0.25, 0.3) is 5.65 Å². The summed E-state index contributed by atoms with van der Waals surface area (Å²) in [6.45, 7) is 5.95. The van der Waals surface area contributed by atoms with Gasteiger partial charge in [-0.3, -0.25) is 0 Å². The predicted molar refractivity (Wildman–Crippen MR) is 63.4 cm³/mol. The van der Waals surface area contributed by atoms with Gasteiger partial charge in [-0.15, -0.1) is 0 Å². The first-order valence-corrected chi connectivity index (χ1v) is 5.65. The summed E-state index contributed by atoms with van der Waals surface area (Å²) in [6.07, 6.45) is 0.778. The molecule has 1 N–H and O–H groups in total. The number of fused-ring (bicyclic) bond motifs is 1. The van der Waals surface area contributed by atoms with Gasteiger partial charge in [0.2, 0.25) is 0 Å². The van der Waals surface area contributed by atoms with E-state index >= 15 is 0 Å². The maximum atomic E-state index is 11.2. The van der Waals surface area contributed by atoms with E-state index in [1.807, 2.05) is 26.8 Å². The molecule has 5 nitrogen and oxygen atoms in total. The molecule has 0 radical (unpaired) electrons. The number of pyridine rings is 1. The standard InChI is InChI=1S/C12H15N3O2/c1-4-8-5-9(12(16)17)15-10(6-8)13-11(14-15)7(2)3/h5-7H,4H2,1-3H3,(H,16,17). The summed E-state index contributed by atoms with van der Waals surface area (Å²) in [5.41, 5.74) is 1.72. The molecular formula is C12H15N3O2. The summed E-state index contributed by atoms with van der Waals surface area (Å²) in [7, 11) is 0. The molecule has 0 fully saturated rings. The van der Waals surface area contributed by atoms with Crippen LogP contribution < -0.4 is 0 Å². The van der Waals surface area contributed by atoms with Gasteiger partial charge in [-0.1, -0.05) is 20.8 Å². The number of carbonyl (C=O) groups is 1. The minimum absolute atomic E-state index is 0.166. The zero-order chi connectivity index (χ0) is 12.6. The second-order valence-electron chi connectivity index (χ2n) is 4.30. The van der Waals surface area contributed by atoms with E-state index < -0.39 is 5.97 Å². The minimum Gasteiger partial charge on any atom is -0.477 e. The van der Waals surface area contributed by atoms with Crippen molar-refractivity contribution < 1.29 is 9.90 Å².